The summed E-state index contributed by atoms with van der Waals surface area (Å²) in [5, 5.41) is 7.12. The summed E-state index contributed by atoms with van der Waals surface area (Å²) in [6.07, 6.45) is 1.43. The van der Waals surface area contributed by atoms with E-state index in [1.165, 1.54) is 13.3 Å². The number of ether oxygens (including phenoxy) is 1. The molecule has 2 heterocycles. The maximum absolute atomic E-state index is 11.6. The summed E-state index contributed by atoms with van der Waals surface area (Å²) in [4.78, 5) is 15.8. The third-order valence-corrected chi connectivity index (χ3v) is 3.23. The molecular formula is C14H18N4O3. The molecule has 0 radical (unpaired) electrons. The Morgan fingerprint density at radius 1 is 1.48 bits per heavy atom. The molecule has 0 aliphatic rings. The first kappa shape index (κ1) is 14.8. The van der Waals surface area contributed by atoms with Crippen molar-refractivity contribution in [2.75, 3.05) is 18.2 Å². The van der Waals surface area contributed by atoms with Gasteiger partial charge in [0.25, 0.3) is 0 Å². The zero-order chi connectivity index (χ0) is 15.6. The molecule has 0 spiro atoms. The fourth-order valence-electron chi connectivity index (χ4n) is 2.23. The molecule has 0 saturated carbocycles. The molecular weight excluding hydrogens is 272 g/mol. The molecule has 2 aromatic heterocycles. The van der Waals surface area contributed by atoms with Gasteiger partial charge in [0.2, 0.25) is 0 Å². The quantitative estimate of drug-likeness (QED) is 0.832. The van der Waals surface area contributed by atoms with Gasteiger partial charge in [-0.3, -0.25) is 0 Å². The minimum Gasteiger partial charge on any atom is -0.465 e. The first-order chi connectivity index (χ1) is 9.93. The first-order valence-electron chi connectivity index (χ1n) is 6.47. The van der Waals surface area contributed by atoms with E-state index >= 15 is 0 Å². The summed E-state index contributed by atoms with van der Waals surface area (Å²) in [5.41, 5.74) is 8.06. The number of hydrogen-bond donors (Lipinski definition) is 2. The number of hydrogen-bond acceptors (Lipinski definition) is 7. The molecule has 0 fully saturated rings. The standard InChI is InChI=1S/C14H18N4O3/c1-7(13-8(2)18-21-9(13)3)17-12-5-10(14(19)20-4)11(15)6-16-12/h5-7H,15H2,1-4H3,(H,16,17). The van der Waals surface area contributed by atoms with Gasteiger partial charge in [0.05, 0.1) is 36.3 Å². The van der Waals surface area contributed by atoms with Crippen molar-refractivity contribution < 1.29 is 14.1 Å². The van der Waals surface area contributed by atoms with Gasteiger partial charge in [0.15, 0.2) is 0 Å². The number of nitrogen functional groups attached to an aromatic ring is 1. The first-order valence-corrected chi connectivity index (χ1v) is 6.47. The van der Waals surface area contributed by atoms with E-state index in [2.05, 4.69) is 20.2 Å². The number of nitrogens with one attached hydrogen (secondary N) is 1. The predicted octanol–water partition coefficient (Wildman–Crippen LogP) is 2.23. The Kier molecular flexibility index (Phi) is 4.11. The van der Waals surface area contributed by atoms with Crippen molar-refractivity contribution in [3.05, 3.63) is 34.8 Å². The minimum absolute atomic E-state index is 0.0714. The van der Waals surface area contributed by atoms with Crippen LogP contribution in [0.1, 0.15) is 40.3 Å². The van der Waals surface area contributed by atoms with Crippen molar-refractivity contribution in [3.63, 3.8) is 0 Å². The zero-order valence-electron chi connectivity index (χ0n) is 12.4. The van der Waals surface area contributed by atoms with Crippen molar-refractivity contribution in [2.24, 2.45) is 0 Å². The molecule has 0 aliphatic heterocycles. The van der Waals surface area contributed by atoms with Crippen LogP contribution in [-0.2, 0) is 4.74 Å². The Morgan fingerprint density at radius 2 is 2.19 bits per heavy atom. The van der Waals surface area contributed by atoms with Crippen LogP contribution in [0.15, 0.2) is 16.8 Å². The monoisotopic (exact) mass is 290 g/mol. The second kappa shape index (κ2) is 5.82. The summed E-state index contributed by atoms with van der Waals surface area (Å²) >= 11 is 0. The van der Waals surface area contributed by atoms with Crippen LogP contribution < -0.4 is 11.1 Å². The predicted molar refractivity (Wildman–Crippen MR) is 78.0 cm³/mol. The lowest BCUT2D eigenvalue weighted by molar-refractivity contribution is 0.0602. The summed E-state index contributed by atoms with van der Waals surface area (Å²) in [6.45, 7) is 5.69. The molecule has 1 atom stereocenters. The van der Waals surface area contributed by atoms with E-state index in [0.29, 0.717) is 5.82 Å². The van der Waals surface area contributed by atoms with Crippen LogP contribution in [0.4, 0.5) is 11.5 Å². The van der Waals surface area contributed by atoms with Gasteiger partial charge < -0.3 is 20.3 Å². The van der Waals surface area contributed by atoms with Crippen LogP contribution in [0.2, 0.25) is 0 Å². The summed E-state index contributed by atoms with van der Waals surface area (Å²) in [7, 11) is 1.31. The second-order valence-electron chi connectivity index (χ2n) is 4.75. The van der Waals surface area contributed by atoms with Crippen LogP contribution in [0.5, 0.6) is 0 Å². The number of esters is 1. The molecule has 0 amide bonds. The van der Waals surface area contributed by atoms with Crippen molar-refractivity contribution >= 4 is 17.5 Å². The highest BCUT2D eigenvalue weighted by molar-refractivity contribution is 5.95. The van der Waals surface area contributed by atoms with Crippen LogP contribution >= 0.6 is 0 Å². The lowest BCUT2D eigenvalue weighted by atomic mass is 10.1. The number of carbonyl (C=O) groups is 1. The van der Waals surface area contributed by atoms with Crippen molar-refractivity contribution in [2.45, 2.75) is 26.8 Å². The normalized spacial score (nSPS) is 12.0. The van der Waals surface area contributed by atoms with Crippen LogP contribution in [-0.4, -0.2) is 23.2 Å². The summed E-state index contributed by atoms with van der Waals surface area (Å²) < 4.78 is 9.84. The molecule has 21 heavy (non-hydrogen) atoms. The number of aryl methyl sites for hydroxylation is 2. The van der Waals surface area contributed by atoms with E-state index in [1.807, 2.05) is 20.8 Å². The maximum atomic E-state index is 11.6. The molecule has 112 valence electrons. The van der Waals surface area contributed by atoms with Gasteiger partial charge in [0, 0.05) is 5.56 Å². The highest BCUT2D eigenvalue weighted by Crippen LogP contribution is 2.25. The van der Waals surface area contributed by atoms with Crippen LogP contribution in [0.25, 0.3) is 0 Å². The van der Waals surface area contributed by atoms with E-state index < -0.39 is 5.97 Å². The molecule has 7 nitrogen and oxygen atoms in total. The molecule has 2 rings (SSSR count). The maximum Gasteiger partial charge on any atom is 0.340 e. The number of methoxy groups -OCH3 is 1. The Labute approximate surface area is 122 Å². The SMILES string of the molecule is COC(=O)c1cc(NC(C)c2c(C)noc2C)ncc1N. The van der Waals surface area contributed by atoms with Gasteiger partial charge >= 0.3 is 5.97 Å². The lowest BCUT2D eigenvalue weighted by Gasteiger charge is -2.15. The van der Waals surface area contributed by atoms with Gasteiger partial charge in [-0.15, -0.1) is 0 Å². The Hall–Kier alpha value is -2.57. The Bertz CT molecular complexity index is 647. The fourth-order valence-corrected chi connectivity index (χ4v) is 2.23. The van der Waals surface area contributed by atoms with Gasteiger partial charge in [0.1, 0.15) is 11.6 Å². The Morgan fingerprint density at radius 3 is 2.76 bits per heavy atom. The number of nitrogens with zero attached hydrogens (tertiary/aromatic N) is 2. The Balaban J connectivity index is 2.26. The summed E-state index contributed by atoms with van der Waals surface area (Å²) in [6, 6.07) is 1.49. The van der Waals surface area contributed by atoms with Gasteiger partial charge in [-0.1, -0.05) is 5.16 Å². The van der Waals surface area contributed by atoms with Crippen molar-refractivity contribution in [1.82, 2.24) is 10.1 Å². The topological polar surface area (TPSA) is 103 Å². The minimum atomic E-state index is -0.497. The molecule has 3 N–H and O–H groups in total. The average Bonchev–Trinajstić information content (AvgIpc) is 2.79. The lowest BCUT2D eigenvalue weighted by Crippen LogP contribution is -2.12. The molecule has 0 aromatic carbocycles. The van der Waals surface area contributed by atoms with E-state index in [0.717, 1.165) is 17.0 Å². The smallest absolute Gasteiger partial charge is 0.340 e. The molecule has 0 aliphatic carbocycles. The number of rotatable bonds is 4. The third-order valence-electron chi connectivity index (χ3n) is 3.23. The number of pyridine rings is 1. The van der Waals surface area contributed by atoms with Crippen LogP contribution in [0.3, 0.4) is 0 Å². The zero-order valence-corrected chi connectivity index (χ0v) is 12.4. The second-order valence-corrected chi connectivity index (χ2v) is 4.75. The van der Waals surface area contributed by atoms with Crippen molar-refractivity contribution in [3.8, 4) is 0 Å². The third kappa shape index (κ3) is 2.96. The van der Waals surface area contributed by atoms with E-state index in [9.17, 15) is 4.79 Å². The number of carbonyl (C=O) groups excluding carboxylic acids is 1. The van der Waals surface area contributed by atoms with Gasteiger partial charge in [-0.2, -0.15) is 0 Å². The molecule has 1 unspecified atom stereocenters. The van der Waals surface area contributed by atoms with E-state index in [1.54, 1.807) is 6.07 Å². The van der Waals surface area contributed by atoms with E-state index in [-0.39, 0.29) is 17.3 Å². The number of nitrogens with two attached hydrogens (primary N) is 1. The molecule has 7 heteroatoms. The molecule has 0 saturated heterocycles. The highest BCUT2D eigenvalue weighted by atomic mass is 16.5. The van der Waals surface area contributed by atoms with E-state index in [4.69, 9.17) is 10.3 Å². The van der Waals surface area contributed by atoms with Crippen molar-refractivity contribution in [1.29, 1.82) is 0 Å². The molecule has 2 aromatic rings. The summed E-state index contributed by atoms with van der Waals surface area (Å²) in [5.74, 6) is 0.774. The van der Waals surface area contributed by atoms with Gasteiger partial charge in [-0.25, -0.2) is 9.78 Å². The fraction of sp³-hybridized carbons (Fsp3) is 0.357. The number of aromatic nitrogens is 2. The largest absolute Gasteiger partial charge is 0.465 e. The van der Waals surface area contributed by atoms with Gasteiger partial charge in [-0.05, 0) is 26.8 Å². The molecule has 0 bridgehead atoms. The van der Waals surface area contributed by atoms with Crippen LogP contribution in [0, 0.1) is 13.8 Å². The average molecular weight is 290 g/mol. The highest BCUT2D eigenvalue weighted by Gasteiger charge is 2.18. The number of anilines is 2.